The third kappa shape index (κ3) is 5.56. The molecule has 0 aromatic heterocycles. The molecule has 1 aliphatic heterocycles. The lowest BCUT2D eigenvalue weighted by atomic mass is 9.98. The Hall–Kier alpha value is -2.95. The van der Waals surface area contributed by atoms with E-state index >= 15 is 0 Å². The summed E-state index contributed by atoms with van der Waals surface area (Å²) in [5, 5.41) is 3.23. The van der Waals surface area contributed by atoms with Crippen molar-refractivity contribution in [2.24, 2.45) is 0 Å². The van der Waals surface area contributed by atoms with Gasteiger partial charge in [0.15, 0.2) is 0 Å². The first-order valence-electron chi connectivity index (χ1n) is 10.6. The summed E-state index contributed by atoms with van der Waals surface area (Å²) in [5.74, 6) is -0.0438. The molecule has 1 unspecified atom stereocenters. The third-order valence-electron chi connectivity index (χ3n) is 5.52. The van der Waals surface area contributed by atoms with Crippen molar-refractivity contribution in [3.8, 4) is 0 Å². The van der Waals surface area contributed by atoms with E-state index in [9.17, 15) is 4.79 Å². The molecule has 1 aliphatic rings. The minimum absolute atomic E-state index is 0.0438. The highest BCUT2D eigenvalue weighted by Gasteiger charge is 2.17. The van der Waals surface area contributed by atoms with Crippen molar-refractivity contribution in [2.75, 3.05) is 26.3 Å². The highest BCUT2D eigenvalue weighted by molar-refractivity contribution is 5.94. The Morgan fingerprint density at radius 3 is 2.13 bits per heavy atom. The fourth-order valence-corrected chi connectivity index (χ4v) is 3.81. The third-order valence-corrected chi connectivity index (χ3v) is 5.52. The molecule has 1 N–H and O–H groups in total. The SMILES string of the molecule is O=C(NC(Cc1ccccc1)c1ccccc1)c1ccc(CN2CCOCC2)cc1. The summed E-state index contributed by atoms with van der Waals surface area (Å²) < 4.78 is 5.41. The standard InChI is InChI=1S/C26H28N2O2/c29-26(24-13-11-22(12-14-24)20-28-15-17-30-18-16-28)27-25(23-9-5-2-6-10-23)19-21-7-3-1-4-8-21/h1-14,25H,15-20H2,(H,27,29). The summed E-state index contributed by atoms with van der Waals surface area (Å²) in [7, 11) is 0. The van der Waals surface area contributed by atoms with Gasteiger partial charge in [-0.05, 0) is 35.2 Å². The number of benzene rings is 3. The summed E-state index contributed by atoms with van der Waals surface area (Å²) >= 11 is 0. The Bertz CT molecular complexity index is 920. The van der Waals surface area contributed by atoms with Gasteiger partial charge >= 0.3 is 0 Å². The molecule has 1 fully saturated rings. The molecule has 1 amide bonds. The number of hydrogen-bond donors (Lipinski definition) is 1. The first-order valence-corrected chi connectivity index (χ1v) is 10.6. The van der Waals surface area contributed by atoms with Crippen LogP contribution in [0.15, 0.2) is 84.9 Å². The first-order chi connectivity index (χ1) is 14.8. The fourth-order valence-electron chi connectivity index (χ4n) is 3.81. The molecule has 1 heterocycles. The Morgan fingerprint density at radius 2 is 1.47 bits per heavy atom. The molecule has 0 aliphatic carbocycles. The summed E-state index contributed by atoms with van der Waals surface area (Å²) in [6.07, 6.45) is 0.756. The minimum Gasteiger partial charge on any atom is -0.379 e. The van der Waals surface area contributed by atoms with Crippen molar-refractivity contribution < 1.29 is 9.53 Å². The van der Waals surface area contributed by atoms with E-state index in [1.807, 2.05) is 48.5 Å². The largest absolute Gasteiger partial charge is 0.379 e. The average Bonchev–Trinajstić information content (AvgIpc) is 2.81. The van der Waals surface area contributed by atoms with Gasteiger partial charge in [0, 0.05) is 25.2 Å². The first kappa shape index (κ1) is 20.3. The highest BCUT2D eigenvalue weighted by atomic mass is 16.5. The van der Waals surface area contributed by atoms with E-state index in [1.165, 1.54) is 11.1 Å². The maximum atomic E-state index is 13.0. The van der Waals surface area contributed by atoms with E-state index in [1.54, 1.807) is 0 Å². The molecule has 1 atom stereocenters. The minimum atomic E-state index is -0.0749. The van der Waals surface area contributed by atoms with Crippen LogP contribution in [-0.4, -0.2) is 37.1 Å². The van der Waals surface area contributed by atoms with Crippen LogP contribution in [0.2, 0.25) is 0 Å². The molecule has 0 bridgehead atoms. The molecule has 3 aromatic rings. The fraction of sp³-hybridized carbons (Fsp3) is 0.269. The van der Waals surface area contributed by atoms with Gasteiger partial charge in [-0.25, -0.2) is 0 Å². The Kier molecular flexibility index (Phi) is 6.91. The number of carbonyl (C=O) groups excluding carboxylic acids is 1. The van der Waals surface area contributed by atoms with Gasteiger partial charge < -0.3 is 10.1 Å². The predicted octanol–water partition coefficient (Wildman–Crippen LogP) is 4.23. The maximum Gasteiger partial charge on any atom is 0.251 e. The second-order valence-corrected chi connectivity index (χ2v) is 7.71. The van der Waals surface area contributed by atoms with Crippen molar-refractivity contribution in [3.63, 3.8) is 0 Å². The molecular formula is C26H28N2O2. The Balaban J connectivity index is 1.44. The molecular weight excluding hydrogens is 372 g/mol. The van der Waals surface area contributed by atoms with Crippen LogP contribution in [0, 0.1) is 0 Å². The van der Waals surface area contributed by atoms with Crippen molar-refractivity contribution in [2.45, 2.75) is 19.0 Å². The monoisotopic (exact) mass is 400 g/mol. The molecule has 154 valence electrons. The molecule has 3 aromatic carbocycles. The number of morpholine rings is 1. The van der Waals surface area contributed by atoms with E-state index in [0.29, 0.717) is 5.56 Å². The lowest BCUT2D eigenvalue weighted by Gasteiger charge is -2.26. The quantitative estimate of drug-likeness (QED) is 0.645. The second-order valence-electron chi connectivity index (χ2n) is 7.71. The second kappa shape index (κ2) is 10.2. The topological polar surface area (TPSA) is 41.6 Å². The van der Waals surface area contributed by atoms with Gasteiger partial charge in [-0.2, -0.15) is 0 Å². The Morgan fingerprint density at radius 1 is 0.833 bits per heavy atom. The predicted molar refractivity (Wildman–Crippen MR) is 119 cm³/mol. The summed E-state index contributed by atoms with van der Waals surface area (Å²) in [6.45, 7) is 4.40. The number of ether oxygens (including phenoxy) is 1. The van der Waals surface area contributed by atoms with E-state index in [-0.39, 0.29) is 11.9 Å². The van der Waals surface area contributed by atoms with Crippen LogP contribution in [0.25, 0.3) is 0 Å². The molecule has 4 heteroatoms. The van der Waals surface area contributed by atoms with Crippen LogP contribution < -0.4 is 5.32 Å². The van der Waals surface area contributed by atoms with E-state index < -0.39 is 0 Å². The molecule has 0 spiro atoms. The van der Waals surface area contributed by atoms with Crippen LogP contribution in [0.3, 0.4) is 0 Å². The van der Waals surface area contributed by atoms with Crippen molar-refractivity contribution >= 4 is 5.91 Å². The average molecular weight is 401 g/mol. The number of carbonyl (C=O) groups is 1. The summed E-state index contributed by atoms with van der Waals surface area (Å²) in [4.78, 5) is 15.4. The number of nitrogens with zero attached hydrogens (tertiary/aromatic N) is 1. The lowest BCUT2D eigenvalue weighted by molar-refractivity contribution is 0.0342. The summed E-state index contributed by atoms with van der Waals surface area (Å²) in [6, 6.07) is 28.3. The van der Waals surface area contributed by atoms with Crippen LogP contribution in [0.5, 0.6) is 0 Å². The van der Waals surface area contributed by atoms with Gasteiger partial charge in [-0.15, -0.1) is 0 Å². The molecule has 1 saturated heterocycles. The zero-order valence-electron chi connectivity index (χ0n) is 17.2. The number of amides is 1. The number of nitrogens with one attached hydrogen (secondary N) is 1. The molecule has 0 radical (unpaired) electrons. The van der Waals surface area contributed by atoms with E-state index in [2.05, 4.69) is 46.6 Å². The number of hydrogen-bond acceptors (Lipinski definition) is 3. The van der Waals surface area contributed by atoms with Gasteiger partial charge in [0.25, 0.3) is 5.91 Å². The van der Waals surface area contributed by atoms with E-state index in [4.69, 9.17) is 4.74 Å². The van der Waals surface area contributed by atoms with Gasteiger partial charge in [0.1, 0.15) is 0 Å². The van der Waals surface area contributed by atoms with Gasteiger partial charge in [0.2, 0.25) is 0 Å². The van der Waals surface area contributed by atoms with E-state index in [0.717, 1.165) is 44.8 Å². The zero-order valence-corrected chi connectivity index (χ0v) is 17.2. The van der Waals surface area contributed by atoms with Crippen LogP contribution in [0.1, 0.15) is 33.1 Å². The molecule has 30 heavy (non-hydrogen) atoms. The van der Waals surface area contributed by atoms with Crippen LogP contribution in [-0.2, 0) is 17.7 Å². The Labute approximate surface area is 178 Å². The van der Waals surface area contributed by atoms with Crippen LogP contribution >= 0.6 is 0 Å². The summed E-state index contributed by atoms with van der Waals surface area (Å²) in [5.41, 5.74) is 4.22. The van der Waals surface area contributed by atoms with Gasteiger partial charge in [-0.1, -0.05) is 72.8 Å². The van der Waals surface area contributed by atoms with Crippen molar-refractivity contribution in [3.05, 3.63) is 107 Å². The molecule has 0 saturated carbocycles. The lowest BCUT2D eigenvalue weighted by Crippen LogP contribution is -2.35. The zero-order chi connectivity index (χ0) is 20.6. The van der Waals surface area contributed by atoms with Gasteiger partial charge in [0.05, 0.1) is 19.3 Å². The van der Waals surface area contributed by atoms with Crippen LogP contribution in [0.4, 0.5) is 0 Å². The molecule has 4 nitrogen and oxygen atoms in total. The van der Waals surface area contributed by atoms with Crippen molar-refractivity contribution in [1.29, 1.82) is 0 Å². The van der Waals surface area contributed by atoms with Gasteiger partial charge in [-0.3, -0.25) is 9.69 Å². The smallest absolute Gasteiger partial charge is 0.251 e. The number of rotatable bonds is 7. The highest BCUT2D eigenvalue weighted by Crippen LogP contribution is 2.19. The molecule has 4 rings (SSSR count). The van der Waals surface area contributed by atoms with Crippen molar-refractivity contribution in [1.82, 2.24) is 10.2 Å². The normalized spacial score (nSPS) is 15.5. The maximum absolute atomic E-state index is 13.0.